The Morgan fingerprint density at radius 2 is 2.22 bits per heavy atom. The van der Waals surface area contributed by atoms with Gasteiger partial charge in [0.1, 0.15) is 17.1 Å². The summed E-state index contributed by atoms with van der Waals surface area (Å²) in [7, 11) is 0. The number of phenols is 1. The number of aromatic hydroxyl groups is 1. The van der Waals surface area contributed by atoms with Gasteiger partial charge in [0.2, 0.25) is 0 Å². The predicted octanol–water partition coefficient (Wildman–Crippen LogP) is 3.00. The SMILES string of the molecule is C/C=C(\C=C/CC)OC(=O)c1cc(N)ccc1O. The summed E-state index contributed by atoms with van der Waals surface area (Å²) < 4.78 is 5.14. The molecule has 4 heteroatoms. The van der Waals surface area contributed by atoms with Gasteiger partial charge in [-0.2, -0.15) is 0 Å². The van der Waals surface area contributed by atoms with Gasteiger partial charge in [0.15, 0.2) is 0 Å². The molecule has 1 aromatic rings. The van der Waals surface area contributed by atoms with Crippen molar-refractivity contribution in [2.45, 2.75) is 20.3 Å². The number of carbonyl (C=O) groups excluding carboxylic acids is 1. The first kappa shape index (κ1) is 13.8. The van der Waals surface area contributed by atoms with Gasteiger partial charge in [0.05, 0.1) is 0 Å². The second kappa shape index (κ2) is 6.49. The number of nitrogens with two attached hydrogens (primary N) is 1. The van der Waals surface area contributed by atoms with Gasteiger partial charge in [-0.3, -0.25) is 0 Å². The zero-order chi connectivity index (χ0) is 13.5. The number of benzene rings is 1. The zero-order valence-electron chi connectivity index (χ0n) is 10.5. The lowest BCUT2D eigenvalue weighted by atomic mass is 10.2. The molecule has 96 valence electrons. The zero-order valence-corrected chi connectivity index (χ0v) is 10.5. The Morgan fingerprint density at radius 1 is 1.50 bits per heavy atom. The number of ether oxygens (including phenoxy) is 1. The van der Waals surface area contributed by atoms with E-state index in [-0.39, 0.29) is 11.3 Å². The molecular formula is C14H17NO3. The topological polar surface area (TPSA) is 72.5 Å². The van der Waals surface area contributed by atoms with Crippen LogP contribution in [-0.2, 0) is 4.74 Å². The summed E-state index contributed by atoms with van der Waals surface area (Å²) in [6.45, 7) is 3.75. The van der Waals surface area contributed by atoms with Crippen LogP contribution in [0.1, 0.15) is 30.6 Å². The Kier molecular flexibility index (Phi) is 4.99. The van der Waals surface area contributed by atoms with E-state index in [4.69, 9.17) is 10.5 Å². The number of nitrogen functional groups attached to an aromatic ring is 1. The summed E-state index contributed by atoms with van der Waals surface area (Å²) in [4.78, 5) is 11.8. The Labute approximate surface area is 106 Å². The second-order valence-electron chi connectivity index (χ2n) is 3.67. The number of rotatable bonds is 4. The molecule has 0 unspecified atom stereocenters. The van der Waals surface area contributed by atoms with Crippen LogP contribution in [0.4, 0.5) is 5.69 Å². The molecule has 3 N–H and O–H groups in total. The Hall–Kier alpha value is -2.23. The average Bonchev–Trinajstić information content (AvgIpc) is 2.37. The molecule has 0 aromatic heterocycles. The molecule has 1 aromatic carbocycles. The standard InChI is InChI=1S/C14H17NO3/c1-3-5-6-11(4-2)18-14(17)12-9-10(15)7-8-13(12)16/h4-9,16H,3,15H2,1-2H3/b6-5-,11-4+. The van der Waals surface area contributed by atoms with Crippen molar-refractivity contribution in [2.75, 3.05) is 5.73 Å². The minimum atomic E-state index is -0.631. The van der Waals surface area contributed by atoms with E-state index in [2.05, 4.69) is 0 Å². The van der Waals surface area contributed by atoms with Crippen LogP contribution in [-0.4, -0.2) is 11.1 Å². The first-order valence-electron chi connectivity index (χ1n) is 5.72. The number of phenolic OH excluding ortho intramolecular Hbond substituents is 1. The molecule has 0 atom stereocenters. The highest BCUT2D eigenvalue weighted by molar-refractivity contribution is 5.94. The Bertz CT molecular complexity index is 490. The minimum Gasteiger partial charge on any atom is -0.507 e. The first-order valence-corrected chi connectivity index (χ1v) is 5.72. The monoisotopic (exact) mass is 247 g/mol. The Morgan fingerprint density at radius 3 is 2.83 bits per heavy atom. The van der Waals surface area contributed by atoms with Gasteiger partial charge in [-0.15, -0.1) is 0 Å². The summed E-state index contributed by atoms with van der Waals surface area (Å²) >= 11 is 0. The quantitative estimate of drug-likeness (QED) is 0.282. The van der Waals surface area contributed by atoms with Gasteiger partial charge in [-0.25, -0.2) is 4.79 Å². The molecule has 0 fully saturated rings. The molecule has 0 aliphatic carbocycles. The van der Waals surface area contributed by atoms with E-state index >= 15 is 0 Å². The molecule has 1 rings (SSSR count). The van der Waals surface area contributed by atoms with Crippen molar-refractivity contribution < 1.29 is 14.6 Å². The third-order valence-electron chi connectivity index (χ3n) is 2.25. The molecule has 18 heavy (non-hydrogen) atoms. The van der Waals surface area contributed by atoms with Crippen LogP contribution in [0.3, 0.4) is 0 Å². The van der Waals surface area contributed by atoms with Crippen molar-refractivity contribution in [1.29, 1.82) is 0 Å². The lowest BCUT2D eigenvalue weighted by molar-refractivity contribution is 0.0633. The van der Waals surface area contributed by atoms with Crippen molar-refractivity contribution in [1.82, 2.24) is 0 Å². The summed E-state index contributed by atoms with van der Waals surface area (Å²) in [5.74, 6) is -0.346. The van der Waals surface area contributed by atoms with Crippen LogP contribution in [0, 0.1) is 0 Å². The van der Waals surface area contributed by atoms with Gasteiger partial charge in [-0.05, 0) is 43.7 Å². The lowest BCUT2D eigenvalue weighted by Gasteiger charge is -2.07. The maximum atomic E-state index is 11.8. The molecular weight excluding hydrogens is 230 g/mol. The molecule has 0 amide bonds. The van der Waals surface area contributed by atoms with E-state index in [0.717, 1.165) is 6.42 Å². The first-order chi connectivity index (χ1) is 8.58. The van der Waals surface area contributed by atoms with Crippen LogP contribution in [0.5, 0.6) is 5.75 Å². The number of allylic oxidation sites excluding steroid dienone is 3. The number of anilines is 1. The number of carbonyl (C=O) groups is 1. The van der Waals surface area contributed by atoms with Crippen molar-refractivity contribution in [3.05, 3.63) is 47.7 Å². The number of hydrogen-bond acceptors (Lipinski definition) is 4. The van der Waals surface area contributed by atoms with Gasteiger partial charge in [-0.1, -0.05) is 13.0 Å². The fourth-order valence-electron chi connectivity index (χ4n) is 1.30. The summed E-state index contributed by atoms with van der Waals surface area (Å²) in [6, 6.07) is 4.26. The van der Waals surface area contributed by atoms with Crippen LogP contribution in [0.25, 0.3) is 0 Å². The van der Waals surface area contributed by atoms with E-state index in [0.29, 0.717) is 11.4 Å². The van der Waals surface area contributed by atoms with Gasteiger partial charge in [0, 0.05) is 5.69 Å². The molecule has 0 aliphatic heterocycles. The predicted molar refractivity (Wildman–Crippen MR) is 71.1 cm³/mol. The van der Waals surface area contributed by atoms with E-state index < -0.39 is 5.97 Å². The molecule has 0 spiro atoms. The van der Waals surface area contributed by atoms with Crippen molar-refractivity contribution >= 4 is 11.7 Å². The van der Waals surface area contributed by atoms with E-state index in [1.165, 1.54) is 18.2 Å². The summed E-state index contributed by atoms with van der Waals surface area (Å²) in [5, 5.41) is 9.57. The summed E-state index contributed by atoms with van der Waals surface area (Å²) in [6.07, 6.45) is 6.11. The third-order valence-corrected chi connectivity index (χ3v) is 2.25. The van der Waals surface area contributed by atoms with Crippen molar-refractivity contribution in [3.8, 4) is 5.75 Å². The maximum absolute atomic E-state index is 11.8. The largest absolute Gasteiger partial charge is 0.507 e. The van der Waals surface area contributed by atoms with Crippen LogP contribution in [0.15, 0.2) is 42.2 Å². The van der Waals surface area contributed by atoms with Crippen LogP contribution >= 0.6 is 0 Å². The van der Waals surface area contributed by atoms with E-state index in [1.54, 1.807) is 19.1 Å². The molecule has 0 aliphatic rings. The highest BCUT2D eigenvalue weighted by Gasteiger charge is 2.14. The Balaban J connectivity index is 2.88. The van der Waals surface area contributed by atoms with Crippen molar-refractivity contribution in [2.24, 2.45) is 0 Å². The molecule has 0 radical (unpaired) electrons. The normalized spacial score (nSPS) is 11.8. The van der Waals surface area contributed by atoms with Gasteiger partial charge >= 0.3 is 5.97 Å². The fourth-order valence-corrected chi connectivity index (χ4v) is 1.30. The lowest BCUT2D eigenvalue weighted by Crippen LogP contribution is -2.05. The molecule has 0 saturated heterocycles. The van der Waals surface area contributed by atoms with Gasteiger partial charge in [0.25, 0.3) is 0 Å². The highest BCUT2D eigenvalue weighted by atomic mass is 16.5. The average molecular weight is 247 g/mol. The molecule has 0 saturated carbocycles. The third kappa shape index (κ3) is 3.66. The van der Waals surface area contributed by atoms with Crippen LogP contribution in [0.2, 0.25) is 0 Å². The van der Waals surface area contributed by atoms with E-state index in [1.807, 2.05) is 13.0 Å². The maximum Gasteiger partial charge on any atom is 0.347 e. The van der Waals surface area contributed by atoms with Crippen molar-refractivity contribution in [3.63, 3.8) is 0 Å². The molecule has 4 nitrogen and oxygen atoms in total. The van der Waals surface area contributed by atoms with E-state index in [9.17, 15) is 9.90 Å². The van der Waals surface area contributed by atoms with Crippen LogP contribution < -0.4 is 5.73 Å². The number of hydrogen-bond donors (Lipinski definition) is 2. The van der Waals surface area contributed by atoms with Gasteiger partial charge < -0.3 is 15.6 Å². The molecule has 0 bridgehead atoms. The fraction of sp³-hybridized carbons (Fsp3) is 0.214. The second-order valence-corrected chi connectivity index (χ2v) is 3.67. The minimum absolute atomic E-state index is 0.0549. The summed E-state index contributed by atoms with van der Waals surface area (Å²) in [5.41, 5.74) is 6.01. The number of esters is 1. The smallest absolute Gasteiger partial charge is 0.347 e. The highest BCUT2D eigenvalue weighted by Crippen LogP contribution is 2.21. The molecule has 0 heterocycles.